The highest BCUT2D eigenvalue weighted by atomic mass is 19.1. The number of para-hydroxylation sites is 2. The van der Waals surface area contributed by atoms with Crippen LogP contribution in [0.3, 0.4) is 0 Å². The van der Waals surface area contributed by atoms with Crippen molar-refractivity contribution in [1.29, 1.82) is 0 Å². The lowest BCUT2D eigenvalue weighted by Gasteiger charge is -2.10. The zero-order valence-corrected chi connectivity index (χ0v) is 15.6. The molecule has 0 N–H and O–H groups in total. The topological polar surface area (TPSA) is 57.9 Å². The van der Waals surface area contributed by atoms with E-state index in [1.165, 1.54) is 25.5 Å². The lowest BCUT2D eigenvalue weighted by molar-refractivity contribution is 0.306. The second-order valence-electron chi connectivity index (χ2n) is 6.26. The molecule has 1 aromatic heterocycles. The number of ether oxygens (including phenoxy) is 3. The molecule has 0 fully saturated rings. The summed E-state index contributed by atoms with van der Waals surface area (Å²) in [4.78, 5) is 12.8. The molecule has 29 heavy (non-hydrogen) atoms. The summed E-state index contributed by atoms with van der Waals surface area (Å²) in [6.07, 6.45) is 1.26. The quantitative estimate of drug-likeness (QED) is 0.445. The van der Waals surface area contributed by atoms with Crippen LogP contribution in [0.4, 0.5) is 4.39 Å². The van der Waals surface area contributed by atoms with Crippen LogP contribution in [-0.2, 0) is 6.61 Å². The van der Waals surface area contributed by atoms with Gasteiger partial charge in [-0.25, -0.2) is 4.39 Å². The largest absolute Gasteiger partial charge is 0.493 e. The molecule has 0 radical (unpaired) electrons. The first-order valence-electron chi connectivity index (χ1n) is 8.88. The van der Waals surface area contributed by atoms with E-state index >= 15 is 0 Å². The molecule has 0 unspecified atom stereocenters. The molecule has 0 saturated carbocycles. The molecule has 5 nitrogen and oxygen atoms in total. The Morgan fingerprint density at radius 3 is 2.45 bits per heavy atom. The van der Waals surface area contributed by atoms with Crippen molar-refractivity contribution in [2.45, 2.75) is 6.61 Å². The van der Waals surface area contributed by atoms with Gasteiger partial charge in [0, 0.05) is 6.07 Å². The predicted octanol–water partition coefficient (Wildman–Crippen LogP) is 5.31. The van der Waals surface area contributed by atoms with Crippen LogP contribution in [0.1, 0.15) is 5.56 Å². The molecule has 0 spiro atoms. The lowest BCUT2D eigenvalue weighted by Crippen LogP contribution is -2.05. The molecule has 4 rings (SSSR count). The summed E-state index contributed by atoms with van der Waals surface area (Å²) in [5.41, 5.74) is 0.898. The van der Waals surface area contributed by atoms with Crippen molar-refractivity contribution in [2.75, 3.05) is 7.11 Å². The number of rotatable bonds is 6. The first-order valence-corrected chi connectivity index (χ1v) is 8.88. The molecule has 146 valence electrons. The van der Waals surface area contributed by atoms with Gasteiger partial charge >= 0.3 is 0 Å². The van der Waals surface area contributed by atoms with Crippen molar-refractivity contribution < 1.29 is 23.0 Å². The van der Waals surface area contributed by atoms with Gasteiger partial charge in [0.25, 0.3) is 0 Å². The number of halogens is 1. The first kappa shape index (κ1) is 18.6. The Labute approximate surface area is 165 Å². The molecule has 0 saturated heterocycles. The van der Waals surface area contributed by atoms with Crippen molar-refractivity contribution in [2.24, 2.45) is 0 Å². The summed E-state index contributed by atoms with van der Waals surface area (Å²) in [5, 5.41) is 0.367. The number of methoxy groups -OCH3 is 1. The fourth-order valence-corrected chi connectivity index (χ4v) is 2.82. The summed E-state index contributed by atoms with van der Waals surface area (Å²) in [7, 11) is 1.53. The summed E-state index contributed by atoms with van der Waals surface area (Å²) >= 11 is 0. The van der Waals surface area contributed by atoms with Gasteiger partial charge in [-0.15, -0.1) is 0 Å². The van der Waals surface area contributed by atoms with Crippen LogP contribution < -0.4 is 19.6 Å². The van der Waals surface area contributed by atoms with Crippen LogP contribution in [-0.4, -0.2) is 7.11 Å². The van der Waals surface area contributed by atoms with Crippen LogP contribution in [0, 0.1) is 5.82 Å². The molecular formula is C23H17FO5. The summed E-state index contributed by atoms with van der Waals surface area (Å²) < 4.78 is 35.2. The Bertz CT molecular complexity index is 1200. The molecule has 0 aliphatic heterocycles. The van der Waals surface area contributed by atoms with Gasteiger partial charge in [0.1, 0.15) is 30.0 Å². The average molecular weight is 392 g/mol. The minimum atomic E-state index is -0.303. The summed E-state index contributed by atoms with van der Waals surface area (Å²) in [6.45, 7) is 0.269. The van der Waals surface area contributed by atoms with E-state index in [2.05, 4.69) is 0 Å². The van der Waals surface area contributed by atoms with Gasteiger partial charge in [-0.3, -0.25) is 4.79 Å². The Balaban J connectivity index is 1.56. The van der Waals surface area contributed by atoms with E-state index in [1.807, 2.05) is 6.07 Å². The zero-order valence-electron chi connectivity index (χ0n) is 15.6. The molecule has 0 aliphatic rings. The second-order valence-corrected chi connectivity index (χ2v) is 6.26. The molecule has 0 amide bonds. The molecule has 0 bridgehead atoms. The Morgan fingerprint density at radius 1 is 0.931 bits per heavy atom. The van der Waals surface area contributed by atoms with Crippen LogP contribution in [0.25, 0.3) is 11.0 Å². The monoisotopic (exact) mass is 392 g/mol. The van der Waals surface area contributed by atoms with E-state index in [9.17, 15) is 9.18 Å². The third kappa shape index (κ3) is 4.06. The highest BCUT2D eigenvalue weighted by molar-refractivity contribution is 5.79. The van der Waals surface area contributed by atoms with Gasteiger partial charge in [-0.2, -0.15) is 0 Å². The minimum absolute atomic E-state index is 0.0574. The molecular weight excluding hydrogens is 375 g/mol. The van der Waals surface area contributed by atoms with E-state index < -0.39 is 0 Å². The maximum atomic E-state index is 13.0. The summed E-state index contributed by atoms with van der Waals surface area (Å²) in [6, 6.07) is 18.0. The Kier molecular flexibility index (Phi) is 5.16. The number of benzene rings is 3. The lowest BCUT2D eigenvalue weighted by atomic mass is 10.2. The SMILES string of the molecule is COc1ccccc1Oc1coc2cc(OCc3ccc(F)cc3)ccc2c1=O. The van der Waals surface area contributed by atoms with Crippen LogP contribution in [0.5, 0.6) is 23.0 Å². The van der Waals surface area contributed by atoms with Crippen molar-refractivity contribution in [3.63, 3.8) is 0 Å². The normalized spacial score (nSPS) is 10.7. The number of hydrogen-bond donors (Lipinski definition) is 0. The van der Waals surface area contributed by atoms with Gasteiger partial charge in [0.15, 0.2) is 11.5 Å². The van der Waals surface area contributed by atoms with Gasteiger partial charge in [0.2, 0.25) is 11.2 Å². The highest BCUT2D eigenvalue weighted by Crippen LogP contribution is 2.30. The fraction of sp³-hybridized carbons (Fsp3) is 0.0870. The van der Waals surface area contributed by atoms with E-state index in [-0.39, 0.29) is 23.6 Å². The van der Waals surface area contributed by atoms with Gasteiger partial charge in [0.05, 0.1) is 12.5 Å². The number of fused-ring (bicyclic) bond motifs is 1. The van der Waals surface area contributed by atoms with Crippen molar-refractivity contribution in [1.82, 2.24) is 0 Å². The Hall–Kier alpha value is -3.80. The van der Waals surface area contributed by atoms with E-state index in [1.54, 1.807) is 48.5 Å². The number of hydrogen-bond acceptors (Lipinski definition) is 5. The van der Waals surface area contributed by atoms with Crippen molar-refractivity contribution >= 4 is 11.0 Å². The van der Waals surface area contributed by atoms with Crippen LogP contribution >= 0.6 is 0 Å². The first-order chi connectivity index (χ1) is 14.1. The molecule has 1 heterocycles. The summed E-state index contributed by atoms with van der Waals surface area (Å²) in [5.74, 6) is 1.22. The molecule has 3 aromatic carbocycles. The second kappa shape index (κ2) is 8.06. The third-order valence-corrected chi connectivity index (χ3v) is 4.32. The van der Waals surface area contributed by atoms with E-state index in [4.69, 9.17) is 18.6 Å². The highest BCUT2D eigenvalue weighted by Gasteiger charge is 2.12. The molecule has 0 atom stereocenters. The Morgan fingerprint density at radius 2 is 1.69 bits per heavy atom. The smallest absolute Gasteiger partial charge is 0.235 e. The van der Waals surface area contributed by atoms with Crippen LogP contribution in [0.15, 0.2) is 82.2 Å². The van der Waals surface area contributed by atoms with Crippen LogP contribution in [0.2, 0.25) is 0 Å². The van der Waals surface area contributed by atoms with E-state index in [0.717, 1.165) is 5.56 Å². The maximum absolute atomic E-state index is 13.0. The van der Waals surface area contributed by atoms with Gasteiger partial charge < -0.3 is 18.6 Å². The zero-order chi connectivity index (χ0) is 20.2. The predicted molar refractivity (Wildman–Crippen MR) is 106 cm³/mol. The van der Waals surface area contributed by atoms with Gasteiger partial charge in [-0.1, -0.05) is 24.3 Å². The van der Waals surface area contributed by atoms with E-state index in [0.29, 0.717) is 28.2 Å². The molecule has 6 heteroatoms. The maximum Gasteiger partial charge on any atom is 0.235 e. The minimum Gasteiger partial charge on any atom is -0.493 e. The molecule has 0 aliphatic carbocycles. The van der Waals surface area contributed by atoms with Gasteiger partial charge in [-0.05, 0) is 42.0 Å². The third-order valence-electron chi connectivity index (χ3n) is 4.32. The standard InChI is InChI=1S/C23H17FO5/c1-26-19-4-2-3-5-20(19)29-22-14-28-21-12-17(10-11-18(21)23(22)25)27-13-15-6-8-16(24)9-7-15/h2-12,14H,13H2,1H3. The molecule has 4 aromatic rings. The van der Waals surface area contributed by atoms with Crippen molar-refractivity contribution in [3.8, 4) is 23.0 Å². The van der Waals surface area contributed by atoms with Crippen molar-refractivity contribution in [3.05, 3.63) is 94.6 Å². The average Bonchev–Trinajstić information content (AvgIpc) is 2.75. The fourth-order valence-electron chi connectivity index (χ4n) is 2.82.